The van der Waals surface area contributed by atoms with Gasteiger partial charge < -0.3 is 15.5 Å². The van der Waals surface area contributed by atoms with E-state index in [2.05, 4.69) is 15.8 Å². The van der Waals surface area contributed by atoms with Crippen molar-refractivity contribution in [2.24, 2.45) is 5.10 Å². The molecule has 5 rings (SSSR count). The number of nitrogens with zero attached hydrogens (tertiary/aromatic N) is 1. The van der Waals surface area contributed by atoms with Crippen molar-refractivity contribution in [3.8, 4) is 28.0 Å². The molecule has 1 aliphatic rings. The Balaban J connectivity index is 1.39. The summed E-state index contributed by atoms with van der Waals surface area (Å²) in [7, 11) is 0. The van der Waals surface area contributed by atoms with Crippen LogP contribution in [0.1, 0.15) is 21.5 Å². The van der Waals surface area contributed by atoms with Crippen LogP contribution in [0.4, 0.5) is 24.5 Å². The minimum Gasteiger partial charge on any atom is -0.505 e. The summed E-state index contributed by atoms with van der Waals surface area (Å²) in [4.78, 5) is 23.7. The van der Waals surface area contributed by atoms with Crippen LogP contribution in [0.25, 0.3) is 22.3 Å². The van der Waals surface area contributed by atoms with Crippen LogP contribution < -0.4 is 10.7 Å². The summed E-state index contributed by atoms with van der Waals surface area (Å²) < 4.78 is 38.6. The quantitative estimate of drug-likeness (QED) is 0.186. The predicted octanol–water partition coefficient (Wildman–Crippen LogP) is 6.21. The molecule has 0 saturated heterocycles. The molecular weight excluding hydrogens is 499 g/mol. The van der Waals surface area contributed by atoms with E-state index >= 15 is 0 Å². The minimum absolute atomic E-state index is 0.0644. The number of para-hydroxylation sites is 1. The van der Waals surface area contributed by atoms with Gasteiger partial charge in [0, 0.05) is 11.1 Å². The number of fused-ring (bicyclic) bond motifs is 1. The lowest BCUT2D eigenvalue weighted by Crippen LogP contribution is -2.15. The Bertz CT molecular complexity index is 1600. The molecule has 0 radical (unpaired) electrons. The monoisotopic (exact) mass is 517 g/mol. The standard InChI is InChI=1S/C28H18F3N3O4/c29-28(30,31)19-11-8-15(9-12-19)18-10-13-21-23(14-18)32-26(36)24(21)34-33-22-3-1-2-20(25(22)35)16-4-6-17(7-5-16)27(37)38/h1-14,33,35H,(H,37,38)(H,32,34,36). The van der Waals surface area contributed by atoms with E-state index in [4.69, 9.17) is 5.11 Å². The van der Waals surface area contributed by atoms with Crippen LogP contribution in [-0.4, -0.2) is 27.8 Å². The molecule has 0 bridgehead atoms. The zero-order valence-corrected chi connectivity index (χ0v) is 19.4. The van der Waals surface area contributed by atoms with Gasteiger partial charge in [0.2, 0.25) is 0 Å². The van der Waals surface area contributed by atoms with Crippen molar-refractivity contribution >= 4 is 29.0 Å². The van der Waals surface area contributed by atoms with Crippen molar-refractivity contribution < 1.29 is 33.0 Å². The number of aromatic hydroxyl groups is 1. The Morgan fingerprint density at radius 2 is 1.50 bits per heavy atom. The third-order valence-electron chi connectivity index (χ3n) is 6.05. The van der Waals surface area contributed by atoms with Crippen molar-refractivity contribution in [2.45, 2.75) is 6.18 Å². The van der Waals surface area contributed by atoms with Gasteiger partial charge in [0.25, 0.3) is 5.91 Å². The van der Waals surface area contributed by atoms with Gasteiger partial charge in [0.05, 0.1) is 22.5 Å². The van der Waals surface area contributed by atoms with E-state index in [1.54, 1.807) is 48.5 Å². The summed E-state index contributed by atoms with van der Waals surface area (Å²) in [6.45, 7) is 0. The number of carbonyl (C=O) groups is 2. The maximum Gasteiger partial charge on any atom is 0.416 e. The topological polar surface area (TPSA) is 111 Å². The van der Waals surface area contributed by atoms with Crippen molar-refractivity contribution in [3.63, 3.8) is 0 Å². The molecule has 4 aromatic rings. The first kappa shape index (κ1) is 24.6. The number of phenols is 1. The van der Waals surface area contributed by atoms with Gasteiger partial charge in [-0.3, -0.25) is 10.2 Å². The summed E-state index contributed by atoms with van der Waals surface area (Å²) in [6.07, 6.45) is -4.43. The fourth-order valence-electron chi connectivity index (χ4n) is 4.08. The average molecular weight is 517 g/mol. The zero-order valence-electron chi connectivity index (χ0n) is 19.4. The second-order valence-corrected chi connectivity index (χ2v) is 8.45. The summed E-state index contributed by atoms with van der Waals surface area (Å²) in [5.74, 6) is -1.69. The van der Waals surface area contributed by atoms with E-state index in [1.807, 2.05) is 0 Å². The number of carbonyl (C=O) groups excluding carboxylic acids is 1. The van der Waals surface area contributed by atoms with Crippen LogP contribution in [0, 0.1) is 0 Å². The Kier molecular flexibility index (Phi) is 6.08. The normalized spacial score (nSPS) is 13.8. The smallest absolute Gasteiger partial charge is 0.416 e. The average Bonchev–Trinajstić information content (AvgIpc) is 3.21. The number of hydrogen-bond acceptors (Lipinski definition) is 5. The van der Waals surface area contributed by atoms with Gasteiger partial charge in [-0.25, -0.2) is 4.79 Å². The first-order chi connectivity index (χ1) is 18.1. The molecule has 0 spiro atoms. The molecule has 38 heavy (non-hydrogen) atoms. The maximum absolute atomic E-state index is 12.9. The highest BCUT2D eigenvalue weighted by Crippen LogP contribution is 2.36. The number of alkyl halides is 3. The van der Waals surface area contributed by atoms with Gasteiger partial charge in [-0.2, -0.15) is 18.3 Å². The number of hydrogen-bond donors (Lipinski definition) is 4. The number of halogens is 3. The number of hydrazone groups is 1. The molecule has 0 saturated carbocycles. The largest absolute Gasteiger partial charge is 0.505 e. The summed E-state index contributed by atoms with van der Waals surface area (Å²) in [6, 6.07) is 20.6. The SMILES string of the molecule is O=C1Nc2cc(-c3ccc(C(F)(F)F)cc3)ccc2C1=NNc1cccc(-c2ccc(C(=O)O)cc2)c1O. The Morgan fingerprint density at radius 1 is 0.842 bits per heavy atom. The third kappa shape index (κ3) is 4.66. The maximum atomic E-state index is 12.9. The number of benzene rings is 4. The summed E-state index contributed by atoms with van der Waals surface area (Å²) in [5, 5.41) is 26.7. The van der Waals surface area contributed by atoms with E-state index < -0.39 is 23.6 Å². The first-order valence-electron chi connectivity index (χ1n) is 11.2. The molecule has 0 unspecified atom stereocenters. The van der Waals surface area contributed by atoms with Gasteiger partial charge in [0.1, 0.15) is 5.75 Å². The van der Waals surface area contributed by atoms with E-state index in [-0.39, 0.29) is 22.7 Å². The highest BCUT2D eigenvalue weighted by molar-refractivity contribution is 6.54. The molecule has 1 amide bonds. The Hall–Kier alpha value is -5.12. The van der Waals surface area contributed by atoms with Crippen molar-refractivity contribution in [2.75, 3.05) is 10.7 Å². The Morgan fingerprint density at radius 3 is 2.16 bits per heavy atom. The van der Waals surface area contributed by atoms with E-state index in [0.29, 0.717) is 33.5 Å². The number of amides is 1. The first-order valence-corrected chi connectivity index (χ1v) is 11.2. The number of rotatable bonds is 5. The molecule has 7 nitrogen and oxygen atoms in total. The molecule has 0 aromatic heterocycles. The van der Waals surface area contributed by atoms with Crippen molar-refractivity contribution in [3.05, 3.63) is 102 Å². The molecular formula is C28H18F3N3O4. The van der Waals surface area contributed by atoms with Gasteiger partial charge in [-0.15, -0.1) is 0 Å². The second kappa shape index (κ2) is 9.40. The minimum atomic E-state index is -4.43. The van der Waals surface area contributed by atoms with Crippen LogP contribution in [0.5, 0.6) is 5.75 Å². The van der Waals surface area contributed by atoms with Crippen LogP contribution in [0.3, 0.4) is 0 Å². The fraction of sp³-hybridized carbons (Fsp3) is 0.0357. The van der Waals surface area contributed by atoms with Gasteiger partial charge in [-0.1, -0.05) is 42.5 Å². The van der Waals surface area contributed by atoms with Crippen molar-refractivity contribution in [1.29, 1.82) is 0 Å². The fourth-order valence-corrected chi connectivity index (χ4v) is 4.08. The summed E-state index contributed by atoms with van der Waals surface area (Å²) in [5.41, 5.74) is 5.48. The lowest BCUT2D eigenvalue weighted by atomic mass is 10.0. The number of aromatic carboxylic acids is 1. The number of phenolic OH excluding ortho intramolecular Hbond substituents is 1. The predicted molar refractivity (Wildman–Crippen MR) is 136 cm³/mol. The lowest BCUT2D eigenvalue weighted by Gasteiger charge is -2.10. The molecule has 10 heteroatoms. The second-order valence-electron chi connectivity index (χ2n) is 8.45. The number of nitrogens with one attached hydrogen (secondary N) is 2. The molecule has 0 atom stereocenters. The molecule has 1 aliphatic heterocycles. The third-order valence-corrected chi connectivity index (χ3v) is 6.05. The number of anilines is 2. The van der Waals surface area contributed by atoms with Crippen LogP contribution in [-0.2, 0) is 11.0 Å². The van der Waals surface area contributed by atoms with Crippen LogP contribution in [0.2, 0.25) is 0 Å². The lowest BCUT2D eigenvalue weighted by molar-refractivity contribution is -0.137. The molecule has 0 fully saturated rings. The molecule has 4 aromatic carbocycles. The van der Waals surface area contributed by atoms with E-state index in [0.717, 1.165) is 12.1 Å². The van der Waals surface area contributed by atoms with Crippen LogP contribution >= 0.6 is 0 Å². The van der Waals surface area contributed by atoms with Gasteiger partial charge >= 0.3 is 12.1 Å². The highest BCUT2D eigenvalue weighted by Gasteiger charge is 2.30. The van der Waals surface area contributed by atoms with Crippen molar-refractivity contribution in [1.82, 2.24) is 0 Å². The van der Waals surface area contributed by atoms with Gasteiger partial charge in [-0.05, 0) is 59.2 Å². The molecule has 0 aliphatic carbocycles. The number of carboxylic acid groups (broad SMARTS) is 1. The van der Waals surface area contributed by atoms with Crippen LogP contribution in [0.15, 0.2) is 90.0 Å². The van der Waals surface area contributed by atoms with E-state index in [9.17, 15) is 27.9 Å². The zero-order chi connectivity index (χ0) is 27.0. The number of carboxylic acids is 1. The van der Waals surface area contributed by atoms with E-state index in [1.165, 1.54) is 24.3 Å². The molecule has 190 valence electrons. The highest BCUT2D eigenvalue weighted by atomic mass is 19.4. The summed E-state index contributed by atoms with van der Waals surface area (Å²) >= 11 is 0. The Labute approximate surface area is 213 Å². The molecule has 4 N–H and O–H groups in total. The molecule has 1 heterocycles. The van der Waals surface area contributed by atoms with Gasteiger partial charge in [0.15, 0.2) is 5.71 Å².